The van der Waals surface area contributed by atoms with Gasteiger partial charge in [0.2, 0.25) is 0 Å². The van der Waals surface area contributed by atoms with Crippen LogP contribution in [0, 0.1) is 5.92 Å². The number of carboxylic acids is 1. The Bertz CT molecular complexity index is 1190. The Kier molecular flexibility index (Phi) is 7.11. The van der Waals surface area contributed by atoms with E-state index in [9.17, 15) is 19.5 Å². The maximum atomic E-state index is 13.9. The van der Waals surface area contributed by atoms with Gasteiger partial charge in [-0.3, -0.25) is 14.7 Å². The molecule has 3 atom stereocenters. The van der Waals surface area contributed by atoms with Crippen molar-refractivity contribution >= 4 is 29.4 Å². The Morgan fingerprint density at radius 1 is 1.19 bits per heavy atom. The number of benzene rings is 1. The quantitative estimate of drug-likeness (QED) is 0.473. The Morgan fingerprint density at radius 2 is 1.94 bits per heavy atom. The summed E-state index contributed by atoms with van der Waals surface area (Å²) in [5.41, 5.74) is -0.226. The summed E-state index contributed by atoms with van der Waals surface area (Å²) in [5, 5.41) is 10.2. The lowest BCUT2D eigenvalue weighted by atomic mass is 9.90. The van der Waals surface area contributed by atoms with Gasteiger partial charge in [-0.05, 0) is 32.8 Å². The molecule has 0 saturated carbocycles. The summed E-state index contributed by atoms with van der Waals surface area (Å²) in [5.74, 6) is -2.94. The molecule has 11 heteroatoms. The molecule has 1 aliphatic heterocycles. The minimum atomic E-state index is -1.67. The van der Waals surface area contributed by atoms with Crippen LogP contribution >= 0.6 is 11.3 Å². The van der Waals surface area contributed by atoms with Crippen molar-refractivity contribution < 1.29 is 29.0 Å². The zero-order valence-corrected chi connectivity index (χ0v) is 21.1. The third kappa shape index (κ3) is 5.25. The Balaban J connectivity index is 1.82. The fourth-order valence-corrected chi connectivity index (χ4v) is 5.23. The predicted molar refractivity (Wildman–Crippen MR) is 130 cm³/mol. The molecule has 3 aromatic rings. The summed E-state index contributed by atoms with van der Waals surface area (Å²) in [6.07, 6.45) is 5.24. The molecule has 2 aromatic heterocycles. The second-order valence-electron chi connectivity index (χ2n) is 9.68. The molecule has 0 bridgehead atoms. The van der Waals surface area contributed by atoms with E-state index < -0.39 is 41.1 Å². The molecule has 4 rings (SSSR count). The summed E-state index contributed by atoms with van der Waals surface area (Å²) in [6.45, 7) is 5.06. The van der Waals surface area contributed by atoms with E-state index in [4.69, 9.17) is 9.47 Å². The van der Waals surface area contributed by atoms with Gasteiger partial charge < -0.3 is 19.1 Å². The van der Waals surface area contributed by atoms with Crippen LogP contribution in [-0.2, 0) is 32.2 Å². The smallest absolute Gasteiger partial charge is 0.411 e. The Hall–Kier alpha value is -3.73. The first-order valence-electron chi connectivity index (χ1n) is 11.4. The van der Waals surface area contributed by atoms with Crippen molar-refractivity contribution in [2.75, 3.05) is 0 Å². The molecule has 190 valence electrons. The zero-order chi connectivity index (χ0) is 25.9. The zero-order valence-electron chi connectivity index (χ0n) is 20.2. The van der Waals surface area contributed by atoms with Crippen LogP contribution in [0.4, 0.5) is 4.79 Å². The van der Waals surface area contributed by atoms with E-state index in [1.165, 1.54) is 28.8 Å². The average molecular weight is 513 g/mol. The first-order valence-corrected chi connectivity index (χ1v) is 12.3. The fraction of sp³-hybridized carbons (Fsp3) is 0.400. The number of hydrogen-bond donors (Lipinski definition) is 1. The summed E-state index contributed by atoms with van der Waals surface area (Å²) >= 11 is 1.22. The number of amides is 1. The van der Waals surface area contributed by atoms with Crippen molar-refractivity contribution in [2.45, 2.75) is 57.5 Å². The number of thiazole rings is 1. The van der Waals surface area contributed by atoms with E-state index in [-0.39, 0.29) is 19.6 Å². The van der Waals surface area contributed by atoms with Gasteiger partial charge in [-0.1, -0.05) is 30.3 Å². The second kappa shape index (κ2) is 10.1. The highest BCUT2D eigenvalue weighted by atomic mass is 32.1. The monoisotopic (exact) mass is 512 g/mol. The lowest BCUT2D eigenvalue weighted by Gasteiger charge is -2.39. The Morgan fingerprint density at radius 3 is 2.53 bits per heavy atom. The van der Waals surface area contributed by atoms with Crippen LogP contribution in [0.3, 0.4) is 0 Å². The number of carbonyl (C=O) groups is 3. The second-order valence-corrected chi connectivity index (χ2v) is 10.6. The van der Waals surface area contributed by atoms with E-state index in [0.29, 0.717) is 4.88 Å². The van der Waals surface area contributed by atoms with E-state index in [1.807, 2.05) is 30.3 Å². The maximum absolute atomic E-state index is 13.9. The predicted octanol–water partition coefficient (Wildman–Crippen LogP) is 3.90. The van der Waals surface area contributed by atoms with Gasteiger partial charge >= 0.3 is 18.0 Å². The molecule has 1 fully saturated rings. The SMILES string of the molecule is CC(C)(C)OC(=O)C1(Cn2ccnc2)CC(C(=O)O)C(c2cncs2)N1C(=O)OCc1ccccc1. The van der Waals surface area contributed by atoms with E-state index in [0.717, 1.165) is 5.56 Å². The number of aliphatic carboxylic acids is 1. The van der Waals surface area contributed by atoms with Crippen LogP contribution in [0.15, 0.2) is 60.8 Å². The number of hydrogen-bond acceptors (Lipinski definition) is 8. The van der Waals surface area contributed by atoms with Crippen molar-refractivity contribution in [3.63, 3.8) is 0 Å². The highest BCUT2D eigenvalue weighted by Gasteiger charge is 2.63. The van der Waals surface area contributed by atoms with Crippen LogP contribution in [0.2, 0.25) is 0 Å². The van der Waals surface area contributed by atoms with Crippen molar-refractivity contribution in [1.29, 1.82) is 0 Å². The standard InChI is InChI=1S/C25H28N4O6S/c1-24(2,3)35-22(32)25(14-28-10-9-26-15-28)11-18(21(30)31)20(19-12-27-16-36-19)29(25)23(33)34-13-17-7-5-4-6-8-17/h4-10,12,15-16,18,20H,11,13-14H2,1-3H3,(H,30,31). The number of nitrogens with zero attached hydrogens (tertiary/aromatic N) is 4. The summed E-state index contributed by atoms with van der Waals surface area (Å²) in [7, 11) is 0. The molecule has 3 heterocycles. The van der Waals surface area contributed by atoms with Crippen LogP contribution in [-0.4, -0.2) is 53.7 Å². The minimum Gasteiger partial charge on any atom is -0.481 e. The number of rotatable bonds is 7. The lowest BCUT2D eigenvalue weighted by molar-refractivity contribution is -0.169. The first-order chi connectivity index (χ1) is 17.1. The topological polar surface area (TPSA) is 124 Å². The number of imidazole rings is 1. The van der Waals surface area contributed by atoms with E-state index in [1.54, 1.807) is 43.2 Å². The number of aromatic nitrogens is 3. The van der Waals surface area contributed by atoms with Gasteiger partial charge in [-0.25, -0.2) is 14.6 Å². The Labute approximate surface area is 212 Å². The van der Waals surface area contributed by atoms with E-state index in [2.05, 4.69) is 9.97 Å². The molecule has 0 aliphatic carbocycles. The third-order valence-electron chi connectivity index (χ3n) is 5.92. The first kappa shape index (κ1) is 25.4. The molecular weight excluding hydrogens is 484 g/mol. The van der Waals surface area contributed by atoms with Crippen LogP contribution in [0.25, 0.3) is 0 Å². The number of esters is 1. The molecule has 0 spiro atoms. The van der Waals surface area contributed by atoms with Gasteiger partial charge in [0.05, 0.1) is 30.3 Å². The molecule has 1 saturated heterocycles. The minimum absolute atomic E-state index is 0.0429. The molecule has 3 unspecified atom stereocenters. The molecule has 1 N–H and O–H groups in total. The van der Waals surface area contributed by atoms with Gasteiger partial charge in [-0.15, -0.1) is 11.3 Å². The molecular formula is C25H28N4O6S. The summed E-state index contributed by atoms with van der Waals surface area (Å²) in [4.78, 5) is 50.1. The molecule has 36 heavy (non-hydrogen) atoms. The number of ether oxygens (including phenoxy) is 2. The van der Waals surface area contributed by atoms with Crippen molar-refractivity contribution in [1.82, 2.24) is 19.4 Å². The van der Waals surface area contributed by atoms with Gasteiger partial charge in [0.15, 0.2) is 5.54 Å². The molecule has 1 aliphatic rings. The third-order valence-corrected chi connectivity index (χ3v) is 6.77. The van der Waals surface area contributed by atoms with Crippen molar-refractivity contribution in [2.24, 2.45) is 5.92 Å². The fourth-order valence-electron chi connectivity index (χ4n) is 4.46. The lowest BCUT2D eigenvalue weighted by Crippen LogP contribution is -2.58. The normalized spacial score (nSPS) is 21.8. The number of likely N-dealkylation sites (tertiary alicyclic amines) is 1. The van der Waals surface area contributed by atoms with Crippen molar-refractivity contribution in [3.8, 4) is 0 Å². The highest BCUT2D eigenvalue weighted by molar-refractivity contribution is 7.09. The number of carboxylic acid groups (broad SMARTS) is 1. The molecule has 1 aromatic carbocycles. The van der Waals surface area contributed by atoms with Crippen LogP contribution in [0.5, 0.6) is 0 Å². The molecule has 10 nitrogen and oxygen atoms in total. The van der Waals surface area contributed by atoms with E-state index >= 15 is 0 Å². The van der Waals surface area contributed by atoms with Crippen LogP contribution in [0.1, 0.15) is 43.7 Å². The number of carbonyl (C=O) groups excluding carboxylic acids is 2. The molecule has 1 amide bonds. The van der Waals surface area contributed by atoms with Crippen LogP contribution < -0.4 is 0 Å². The average Bonchev–Trinajstić information content (AvgIpc) is 3.58. The van der Waals surface area contributed by atoms with Gasteiger partial charge in [0.1, 0.15) is 12.2 Å². The van der Waals surface area contributed by atoms with Crippen molar-refractivity contribution in [3.05, 3.63) is 71.2 Å². The summed E-state index contributed by atoms with van der Waals surface area (Å²) < 4.78 is 13.1. The van der Waals surface area contributed by atoms with Gasteiger partial charge in [0.25, 0.3) is 0 Å². The maximum Gasteiger partial charge on any atom is 0.411 e. The highest BCUT2D eigenvalue weighted by Crippen LogP contribution is 2.50. The summed E-state index contributed by atoms with van der Waals surface area (Å²) in [6, 6.07) is 8.14. The largest absolute Gasteiger partial charge is 0.481 e. The van der Waals surface area contributed by atoms with Gasteiger partial charge in [-0.2, -0.15) is 0 Å². The molecule has 0 radical (unpaired) electrons. The van der Waals surface area contributed by atoms with Gasteiger partial charge in [0, 0.05) is 23.5 Å².